The summed E-state index contributed by atoms with van der Waals surface area (Å²) in [5.41, 5.74) is 5.09. The average Bonchev–Trinajstić information content (AvgIpc) is 2.58. The van der Waals surface area contributed by atoms with Crippen LogP contribution >= 0.6 is 11.8 Å². The van der Waals surface area contributed by atoms with Gasteiger partial charge in [0.2, 0.25) is 5.91 Å². The van der Waals surface area contributed by atoms with Gasteiger partial charge in [-0.3, -0.25) is 9.59 Å². The summed E-state index contributed by atoms with van der Waals surface area (Å²) < 4.78 is 0. The van der Waals surface area contributed by atoms with Crippen LogP contribution in [0.2, 0.25) is 0 Å². The summed E-state index contributed by atoms with van der Waals surface area (Å²) in [7, 11) is 0. The molecule has 2 heterocycles. The molecule has 5 nitrogen and oxygen atoms in total. The van der Waals surface area contributed by atoms with Gasteiger partial charge in [0.05, 0.1) is 5.75 Å². The largest absolute Gasteiger partial charge is 0.306 e. The molecule has 154 valence electrons. The second-order valence-corrected chi connectivity index (χ2v) is 9.59. The quantitative estimate of drug-likeness (QED) is 0.402. The third-order valence-corrected chi connectivity index (χ3v) is 6.30. The fourth-order valence-corrected chi connectivity index (χ4v) is 5.18. The highest BCUT2D eigenvalue weighted by Gasteiger charge is 2.40. The number of Topliss-reactive ketones (excluding diaryl/α,β-unsaturated/α-hetero) is 1. The van der Waals surface area contributed by atoms with E-state index in [1.807, 2.05) is 37.8 Å². The van der Waals surface area contributed by atoms with E-state index in [1.165, 1.54) is 11.8 Å². The molecule has 0 radical (unpaired) electrons. The number of carbonyl (C=O) groups excluding carboxylic acids is 2. The Hall–Kier alpha value is -2.21. The topological polar surface area (TPSA) is 63.2 Å². The number of hydrogen-bond donors (Lipinski definition) is 0. The van der Waals surface area contributed by atoms with Gasteiger partial charge in [-0.25, -0.2) is 9.97 Å². The van der Waals surface area contributed by atoms with Crippen molar-refractivity contribution >= 4 is 29.1 Å². The lowest BCUT2D eigenvalue weighted by molar-refractivity contribution is -0.117. The summed E-state index contributed by atoms with van der Waals surface area (Å²) in [6.07, 6.45) is 0.870. The molecule has 0 bridgehead atoms. The van der Waals surface area contributed by atoms with Gasteiger partial charge in [0.15, 0.2) is 10.9 Å². The van der Waals surface area contributed by atoms with Crippen molar-refractivity contribution in [2.45, 2.75) is 71.5 Å². The number of amides is 1. The molecule has 0 aliphatic carbocycles. The van der Waals surface area contributed by atoms with Gasteiger partial charge in [-0.05, 0) is 77.1 Å². The smallest absolute Gasteiger partial charge is 0.237 e. The molecule has 0 fully saturated rings. The van der Waals surface area contributed by atoms with Crippen LogP contribution in [0.15, 0.2) is 23.4 Å². The molecule has 0 N–H and O–H groups in total. The second kappa shape index (κ2) is 7.90. The third-order valence-electron chi connectivity index (χ3n) is 5.47. The zero-order chi connectivity index (χ0) is 21.5. The summed E-state index contributed by atoms with van der Waals surface area (Å²) in [6, 6.07) is 5.90. The molecule has 0 unspecified atom stereocenters. The number of nitrogens with zero attached hydrogens (tertiary/aromatic N) is 3. The molecule has 3 rings (SSSR count). The highest BCUT2D eigenvalue weighted by atomic mass is 32.2. The lowest BCUT2D eigenvalue weighted by Crippen LogP contribution is -2.52. The molecule has 1 aliphatic heterocycles. The van der Waals surface area contributed by atoms with Crippen LogP contribution in [0, 0.1) is 20.8 Å². The van der Waals surface area contributed by atoms with E-state index in [0.717, 1.165) is 34.6 Å². The minimum atomic E-state index is -0.337. The van der Waals surface area contributed by atoms with E-state index in [9.17, 15) is 9.59 Å². The van der Waals surface area contributed by atoms with E-state index >= 15 is 0 Å². The molecule has 1 aromatic heterocycles. The first kappa shape index (κ1) is 21.5. The first-order chi connectivity index (χ1) is 13.5. The van der Waals surface area contributed by atoms with Gasteiger partial charge in [0, 0.05) is 28.2 Å². The normalized spacial score (nSPS) is 17.8. The lowest BCUT2D eigenvalue weighted by atomic mass is 9.78. The molecule has 6 heteroatoms. The summed E-state index contributed by atoms with van der Waals surface area (Å²) in [5.74, 6) is 0.601. The zero-order valence-corrected chi connectivity index (χ0v) is 19.1. The lowest BCUT2D eigenvalue weighted by Gasteiger charge is -2.46. The summed E-state index contributed by atoms with van der Waals surface area (Å²) in [6.45, 7) is 13.8. The van der Waals surface area contributed by atoms with Crippen LogP contribution in [-0.4, -0.2) is 33.0 Å². The Bertz CT molecular complexity index is 964. The van der Waals surface area contributed by atoms with Gasteiger partial charge in [0.25, 0.3) is 0 Å². The molecule has 0 saturated carbocycles. The Morgan fingerprint density at radius 1 is 1.14 bits per heavy atom. The van der Waals surface area contributed by atoms with E-state index < -0.39 is 0 Å². The minimum Gasteiger partial charge on any atom is -0.306 e. The van der Waals surface area contributed by atoms with Crippen molar-refractivity contribution in [3.63, 3.8) is 0 Å². The summed E-state index contributed by atoms with van der Waals surface area (Å²) in [4.78, 5) is 36.2. The van der Waals surface area contributed by atoms with E-state index in [2.05, 4.69) is 36.8 Å². The number of benzene rings is 1. The van der Waals surface area contributed by atoms with Crippen molar-refractivity contribution in [2.75, 3.05) is 10.7 Å². The maximum absolute atomic E-state index is 13.4. The van der Waals surface area contributed by atoms with E-state index in [-0.39, 0.29) is 23.0 Å². The van der Waals surface area contributed by atoms with Crippen molar-refractivity contribution < 1.29 is 9.59 Å². The molecule has 1 amide bonds. The SMILES string of the molecule is CC(=O)c1cc2c(cc1C)[C@H](C)CC(C)(C)N2C(=O)CSc1nc(C)cc(C)n1. The fraction of sp³-hybridized carbons (Fsp3) is 0.478. The van der Waals surface area contributed by atoms with Gasteiger partial charge in [-0.15, -0.1) is 0 Å². The molecule has 29 heavy (non-hydrogen) atoms. The van der Waals surface area contributed by atoms with Crippen molar-refractivity contribution in [1.29, 1.82) is 0 Å². The van der Waals surface area contributed by atoms with Crippen LogP contribution in [0.1, 0.15) is 72.9 Å². The van der Waals surface area contributed by atoms with E-state index in [4.69, 9.17) is 0 Å². The van der Waals surface area contributed by atoms with Crippen molar-refractivity contribution in [3.05, 3.63) is 46.3 Å². The van der Waals surface area contributed by atoms with Crippen LogP contribution in [0.5, 0.6) is 0 Å². The molecule has 0 saturated heterocycles. The Balaban J connectivity index is 1.96. The predicted octanol–water partition coefficient (Wildman–Crippen LogP) is 5.02. The fourth-order valence-electron chi connectivity index (χ4n) is 4.38. The van der Waals surface area contributed by atoms with Gasteiger partial charge in [0.1, 0.15) is 0 Å². The Kier molecular flexibility index (Phi) is 5.86. The highest BCUT2D eigenvalue weighted by Crippen LogP contribution is 2.44. The van der Waals surface area contributed by atoms with Gasteiger partial charge in [-0.1, -0.05) is 24.8 Å². The average molecular weight is 412 g/mol. The Morgan fingerprint density at radius 2 is 1.76 bits per heavy atom. The Labute approximate surface area is 177 Å². The first-order valence-corrected chi connectivity index (χ1v) is 10.9. The molecular weight excluding hydrogens is 382 g/mol. The van der Waals surface area contributed by atoms with Crippen molar-refractivity contribution in [1.82, 2.24) is 9.97 Å². The molecule has 1 aliphatic rings. The van der Waals surface area contributed by atoms with Gasteiger partial charge < -0.3 is 4.90 Å². The number of thioether (sulfide) groups is 1. The van der Waals surface area contributed by atoms with Crippen LogP contribution in [0.3, 0.4) is 0 Å². The molecule has 0 spiro atoms. The first-order valence-electron chi connectivity index (χ1n) is 9.93. The molecule has 1 atom stereocenters. The van der Waals surface area contributed by atoms with E-state index in [0.29, 0.717) is 16.6 Å². The monoisotopic (exact) mass is 411 g/mol. The third kappa shape index (κ3) is 4.37. The van der Waals surface area contributed by atoms with Crippen LogP contribution in [0.4, 0.5) is 5.69 Å². The maximum Gasteiger partial charge on any atom is 0.237 e. The Morgan fingerprint density at radius 3 is 2.34 bits per heavy atom. The number of anilines is 1. The standard InChI is InChI=1S/C23H29N3O2S/c1-13-8-19-14(2)11-23(6,7)26(20(19)10-18(13)17(5)27)21(28)12-29-22-24-15(3)9-16(4)25-22/h8-10,14H,11-12H2,1-7H3/t14-/m1/s1. The summed E-state index contributed by atoms with van der Waals surface area (Å²) >= 11 is 1.36. The molecule has 1 aromatic carbocycles. The number of rotatable bonds is 4. The van der Waals surface area contributed by atoms with Crippen LogP contribution < -0.4 is 4.90 Å². The summed E-state index contributed by atoms with van der Waals surface area (Å²) in [5, 5.41) is 0.618. The number of carbonyl (C=O) groups is 2. The number of fused-ring (bicyclic) bond motifs is 1. The molecule has 2 aromatic rings. The minimum absolute atomic E-state index is 0.00858. The van der Waals surface area contributed by atoms with E-state index in [1.54, 1.807) is 6.92 Å². The predicted molar refractivity (Wildman–Crippen MR) is 118 cm³/mol. The maximum atomic E-state index is 13.4. The van der Waals surface area contributed by atoms with Crippen LogP contribution in [0.25, 0.3) is 0 Å². The second-order valence-electron chi connectivity index (χ2n) is 8.65. The highest BCUT2D eigenvalue weighted by molar-refractivity contribution is 7.99. The zero-order valence-electron chi connectivity index (χ0n) is 18.3. The van der Waals surface area contributed by atoms with Crippen molar-refractivity contribution in [3.8, 4) is 0 Å². The van der Waals surface area contributed by atoms with Gasteiger partial charge >= 0.3 is 0 Å². The number of aryl methyl sites for hydroxylation is 3. The van der Waals surface area contributed by atoms with Crippen LogP contribution in [-0.2, 0) is 4.79 Å². The number of hydrogen-bond acceptors (Lipinski definition) is 5. The number of aromatic nitrogens is 2. The van der Waals surface area contributed by atoms with Crippen molar-refractivity contribution in [2.24, 2.45) is 0 Å². The van der Waals surface area contributed by atoms with Gasteiger partial charge in [-0.2, -0.15) is 0 Å². The molecular formula is C23H29N3O2S. The number of ketones is 1.